The number of carbonyl (C=O) groups excluding carboxylic acids is 1. The van der Waals surface area contributed by atoms with Crippen molar-refractivity contribution in [2.24, 2.45) is 0 Å². The van der Waals surface area contributed by atoms with Gasteiger partial charge in [-0.15, -0.1) is 11.8 Å². The predicted molar refractivity (Wildman–Crippen MR) is 121 cm³/mol. The molecule has 2 aliphatic rings. The van der Waals surface area contributed by atoms with E-state index in [1.807, 2.05) is 29.2 Å². The number of fused-ring (bicyclic) bond motifs is 4. The minimum Gasteiger partial charge on any atom is -0.497 e. The Hall–Kier alpha value is -2.86. The molecule has 1 N–H and O–H groups in total. The summed E-state index contributed by atoms with van der Waals surface area (Å²) < 4.78 is 7.70. The quantitative estimate of drug-likeness (QED) is 0.632. The van der Waals surface area contributed by atoms with Crippen molar-refractivity contribution in [3.63, 3.8) is 0 Å². The Morgan fingerprint density at radius 3 is 2.67 bits per heavy atom. The van der Waals surface area contributed by atoms with Crippen LogP contribution in [0.3, 0.4) is 0 Å². The first-order valence-electron chi connectivity index (χ1n) is 10.3. The van der Waals surface area contributed by atoms with Crippen LogP contribution in [0, 0.1) is 0 Å². The SMILES string of the molecule is COc1ccc2c(c1)NC1(CCN(C(=O)CSc3ccccc3)CC1)c1cccn1-2. The molecule has 1 spiro atoms. The van der Waals surface area contributed by atoms with Gasteiger partial charge in [0.05, 0.1) is 29.8 Å². The van der Waals surface area contributed by atoms with Crippen molar-refractivity contribution in [1.29, 1.82) is 0 Å². The number of piperidine rings is 1. The third-order valence-electron chi connectivity index (χ3n) is 6.15. The van der Waals surface area contributed by atoms with E-state index < -0.39 is 0 Å². The minimum atomic E-state index is -0.160. The number of rotatable bonds is 4. The summed E-state index contributed by atoms with van der Waals surface area (Å²) in [4.78, 5) is 15.9. The number of anilines is 1. The minimum absolute atomic E-state index is 0.160. The van der Waals surface area contributed by atoms with Crippen molar-refractivity contribution in [3.8, 4) is 11.4 Å². The number of thioether (sulfide) groups is 1. The summed E-state index contributed by atoms with van der Waals surface area (Å²) in [5, 5.41) is 3.80. The maximum absolute atomic E-state index is 12.8. The predicted octanol–water partition coefficient (Wildman–Crippen LogP) is 4.52. The van der Waals surface area contributed by atoms with Crippen LogP contribution < -0.4 is 10.1 Å². The third-order valence-corrected chi connectivity index (χ3v) is 7.15. The molecule has 0 radical (unpaired) electrons. The molecule has 5 rings (SSSR count). The summed E-state index contributed by atoms with van der Waals surface area (Å²) in [5.41, 5.74) is 3.33. The third kappa shape index (κ3) is 3.35. The van der Waals surface area contributed by atoms with Crippen LogP contribution in [0.5, 0.6) is 5.75 Å². The highest BCUT2D eigenvalue weighted by atomic mass is 32.2. The number of benzene rings is 2. The van der Waals surface area contributed by atoms with Crippen LogP contribution in [0.4, 0.5) is 5.69 Å². The Labute approximate surface area is 181 Å². The lowest BCUT2D eigenvalue weighted by Crippen LogP contribution is -2.51. The number of amides is 1. The van der Waals surface area contributed by atoms with E-state index >= 15 is 0 Å². The fourth-order valence-electron chi connectivity index (χ4n) is 4.53. The lowest BCUT2D eigenvalue weighted by molar-refractivity contribution is -0.129. The molecule has 0 saturated carbocycles. The molecule has 0 atom stereocenters. The van der Waals surface area contributed by atoms with Gasteiger partial charge in [0, 0.05) is 35.9 Å². The molecule has 30 heavy (non-hydrogen) atoms. The largest absolute Gasteiger partial charge is 0.497 e. The number of methoxy groups -OCH3 is 1. The first-order chi connectivity index (χ1) is 14.7. The van der Waals surface area contributed by atoms with Gasteiger partial charge in [-0.25, -0.2) is 0 Å². The van der Waals surface area contributed by atoms with Crippen LogP contribution in [-0.4, -0.2) is 41.3 Å². The summed E-state index contributed by atoms with van der Waals surface area (Å²) >= 11 is 1.61. The maximum atomic E-state index is 12.8. The molecular weight excluding hydrogens is 394 g/mol. The second-order valence-electron chi connectivity index (χ2n) is 7.84. The summed E-state index contributed by atoms with van der Waals surface area (Å²) in [7, 11) is 1.69. The molecule has 1 amide bonds. The van der Waals surface area contributed by atoms with Gasteiger partial charge in [-0.1, -0.05) is 18.2 Å². The van der Waals surface area contributed by atoms with E-state index in [-0.39, 0.29) is 11.4 Å². The van der Waals surface area contributed by atoms with Gasteiger partial charge < -0.3 is 19.5 Å². The van der Waals surface area contributed by atoms with Gasteiger partial charge in [-0.3, -0.25) is 4.79 Å². The Balaban J connectivity index is 1.31. The van der Waals surface area contributed by atoms with Crippen molar-refractivity contribution < 1.29 is 9.53 Å². The van der Waals surface area contributed by atoms with Gasteiger partial charge in [0.25, 0.3) is 0 Å². The van der Waals surface area contributed by atoms with Crippen LogP contribution in [0.25, 0.3) is 5.69 Å². The average Bonchev–Trinajstić information content (AvgIpc) is 3.30. The number of likely N-dealkylation sites (tertiary alicyclic amines) is 1. The molecule has 5 nitrogen and oxygen atoms in total. The van der Waals surface area contributed by atoms with Crippen molar-refractivity contribution >= 4 is 23.4 Å². The first kappa shape index (κ1) is 19.1. The van der Waals surface area contributed by atoms with Crippen LogP contribution in [0.15, 0.2) is 71.8 Å². The zero-order valence-corrected chi connectivity index (χ0v) is 17.8. The van der Waals surface area contributed by atoms with E-state index in [9.17, 15) is 4.79 Å². The highest BCUT2D eigenvalue weighted by molar-refractivity contribution is 8.00. The van der Waals surface area contributed by atoms with E-state index in [1.165, 1.54) is 5.69 Å². The zero-order chi connectivity index (χ0) is 20.6. The van der Waals surface area contributed by atoms with E-state index in [2.05, 4.69) is 52.5 Å². The van der Waals surface area contributed by atoms with Crippen LogP contribution >= 0.6 is 11.8 Å². The van der Waals surface area contributed by atoms with E-state index in [0.29, 0.717) is 5.75 Å². The molecule has 1 saturated heterocycles. The van der Waals surface area contributed by atoms with Gasteiger partial charge in [0.2, 0.25) is 5.91 Å². The van der Waals surface area contributed by atoms with Crippen molar-refractivity contribution in [1.82, 2.24) is 9.47 Å². The molecule has 0 bridgehead atoms. The molecule has 2 aromatic carbocycles. The highest BCUT2D eigenvalue weighted by Crippen LogP contribution is 2.44. The van der Waals surface area contributed by atoms with Gasteiger partial charge in [0.1, 0.15) is 5.75 Å². The second kappa shape index (κ2) is 7.76. The molecule has 1 aromatic heterocycles. The molecule has 1 fully saturated rings. The van der Waals surface area contributed by atoms with Crippen molar-refractivity contribution in [2.45, 2.75) is 23.3 Å². The molecule has 0 aliphatic carbocycles. The molecular formula is C24H25N3O2S. The standard InChI is InChI=1S/C24H25N3O2S/c1-29-18-9-10-21-20(16-18)25-24(22-8-5-13-27(21)22)11-14-26(15-12-24)23(28)17-30-19-6-3-2-4-7-19/h2-10,13,16,25H,11-12,14-15,17H2,1H3. The Morgan fingerprint density at radius 2 is 1.90 bits per heavy atom. The first-order valence-corrected chi connectivity index (χ1v) is 11.3. The number of nitrogens with one attached hydrogen (secondary N) is 1. The zero-order valence-electron chi connectivity index (χ0n) is 17.0. The molecule has 0 unspecified atom stereocenters. The molecule has 154 valence electrons. The van der Waals surface area contributed by atoms with Crippen molar-refractivity contribution in [2.75, 3.05) is 31.3 Å². The smallest absolute Gasteiger partial charge is 0.232 e. The number of aromatic nitrogens is 1. The monoisotopic (exact) mass is 419 g/mol. The molecule has 3 aromatic rings. The molecule has 2 aliphatic heterocycles. The average molecular weight is 420 g/mol. The maximum Gasteiger partial charge on any atom is 0.232 e. The van der Waals surface area contributed by atoms with Gasteiger partial charge in [-0.05, 0) is 49.2 Å². The van der Waals surface area contributed by atoms with E-state index in [1.54, 1.807) is 18.9 Å². The van der Waals surface area contributed by atoms with Gasteiger partial charge >= 0.3 is 0 Å². The lowest BCUT2D eigenvalue weighted by Gasteiger charge is -2.46. The number of nitrogens with zero attached hydrogens (tertiary/aromatic N) is 2. The van der Waals surface area contributed by atoms with Crippen LogP contribution in [0.1, 0.15) is 18.5 Å². The van der Waals surface area contributed by atoms with Gasteiger partial charge in [-0.2, -0.15) is 0 Å². The Bertz CT molecular complexity index is 1060. The summed E-state index contributed by atoms with van der Waals surface area (Å²) in [6.45, 7) is 1.51. The summed E-state index contributed by atoms with van der Waals surface area (Å²) in [6.07, 6.45) is 3.89. The highest BCUT2D eigenvalue weighted by Gasteiger charge is 2.42. The van der Waals surface area contributed by atoms with Crippen LogP contribution in [0.2, 0.25) is 0 Å². The second-order valence-corrected chi connectivity index (χ2v) is 8.88. The summed E-state index contributed by atoms with van der Waals surface area (Å²) in [5.74, 6) is 1.55. The topological polar surface area (TPSA) is 46.5 Å². The lowest BCUT2D eigenvalue weighted by atomic mass is 9.82. The Kier molecular flexibility index (Phi) is 4.95. The fraction of sp³-hybridized carbons (Fsp3) is 0.292. The number of carbonyl (C=O) groups is 1. The Morgan fingerprint density at radius 1 is 1.10 bits per heavy atom. The fourth-order valence-corrected chi connectivity index (χ4v) is 5.35. The van der Waals surface area contributed by atoms with E-state index in [4.69, 9.17) is 4.74 Å². The van der Waals surface area contributed by atoms with Gasteiger partial charge in [0.15, 0.2) is 0 Å². The molecule has 6 heteroatoms. The number of hydrogen-bond acceptors (Lipinski definition) is 4. The van der Waals surface area contributed by atoms with E-state index in [0.717, 1.165) is 48.0 Å². The number of ether oxygens (including phenoxy) is 1. The van der Waals surface area contributed by atoms with Crippen LogP contribution in [-0.2, 0) is 10.3 Å². The molecule has 3 heterocycles. The normalized spacial score (nSPS) is 16.5. The summed E-state index contributed by atoms with van der Waals surface area (Å²) in [6, 6.07) is 20.6. The van der Waals surface area contributed by atoms with Crippen molar-refractivity contribution in [3.05, 3.63) is 72.6 Å². The number of hydrogen-bond donors (Lipinski definition) is 1.